The van der Waals surface area contributed by atoms with Gasteiger partial charge in [0.2, 0.25) is 11.8 Å². The number of thiophene rings is 1. The van der Waals surface area contributed by atoms with Gasteiger partial charge in [-0.3, -0.25) is 14.5 Å². The van der Waals surface area contributed by atoms with E-state index in [4.69, 9.17) is 4.74 Å². The first kappa shape index (κ1) is 24.3. The Kier molecular flexibility index (Phi) is 8.38. The summed E-state index contributed by atoms with van der Waals surface area (Å²) in [6, 6.07) is 1.79. The van der Waals surface area contributed by atoms with E-state index in [9.17, 15) is 14.4 Å². The van der Waals surface area contributed by atoms with Crippen molar-refractivity contribution in [1.82, 2.24) is 9.88 Å². The molecule has 1 unspecified atom stereocenters. The average Bonchev–Trinajstić information content (AvgIpc) is 3.30. The van der Waals surface area contributed by atoms with E-state index in [0.29, 0.717) is 22.2 Å². The summed E-state index contributed by atoms with van der Waals surface area (Å²) in [5.74, 6) is -0.928. The Morgan fingerprint density at radius 2 is 2.00 bits per heavy atom. The zero-order valence-corrected chi connectivity index (χ0v) is 20.6. The van der Waals surface area contributed by atoms with Crippen molar-refractivity contribution < 1.29 is 19.1 Å². The third-order valence-corrected chi connectivity index (χ3v) is 7.57. The molecule has 2 amide bonds. The Morgan fingerprint density at radius 3 is 2.66 bits per heavy atom. The maximum atomic E-state index is 13.0. The first-order chi connectivity index (χ1) is 15.3. The second-order valence-electron chi connectivity index (χ2n) is 7.80. The van der Waals surface area contributed by atoms with Crippen molar-refractivity contribution in [1.29, 1.82) is 0 Å². The van der Waals surface area contributed by atoms with E-state index in [2.05, 4.69) is 15.6 Å². The molecule has 0 bridgehead atoms. The largest absolute Gasteiger partial charge is 0.462 e. The molecule has 0 spiro atoms. The van der Waals surface area contributed by atoms with Crippen molar-refractivity contribution in [3.05, 3.63) is 27.1 Å². The SMILES string of the molecule is CCOC(=O)c1cc(CC)sc1NC(=O)C1CCCN(CC(=O)Nc2nc(C)c(C)s2)C1. The van der Waals surface area contributed by atoms with Crippen molar-refractivity contribution in [3.8, 4) is 0 Å². The molecular formula is C22H30N4O4S2. The first-order valence-corrected chi connectivity index (χ1v) is 12.5. The monoisotopic (exact) mass is 478 g/mol. The molecule has 0 aromatic carbocycles. The number of ether oxygens (including phenoxy) is 1. The van der Waals surface area contributed by atoms with Gasteiger partial charge in [-0.15, -0.1) is 22.7 Å². The molecule has 32 heavy (non-hydrogen) atoms. The van der Waals surface area contributed by atoms with Crippen LogP contribution in [0.2, 0.25) is 0 Å². The van der Waals surface area contributed by atoms with Crippen molar-refractivity contribution >= 4 is 50.6 Å². The normalized spacial score (nSPS) is 16.6. The third kappa shape index (κ3) is 6.14. The van der Waals surface area contributed by atoms with Crippen LogP contribution in [0.15, 0.2) is 6.07 Å². The lowest BCUT2D eigenvalue weighted by atomic mass is 9.97. The quantitative estimate of drug-likeness (QED) is 0.559. The van der Waals surface area contributed by atoms with Gasteiger partial charge in [-0.2, -0.15) is 0 Å². The minimum atomic E-state index is -0.423. The third-order valence-electron chi connectivity index (χ3n) is 5.38. The average molecular weight is 479 g/mol. The van der Waals surface area contributed by atoms with Crippen molar-refractivity contribution in [3.63, 3.8) is 0 Å². The summed E-state index contributed by atoms with van der Waals surface area (Å²) in [5.41, 5.74) is 1.32. The van der Waals surface area contributed by atoms with Crippen LogP contribution >= 0.6 is 22.7 Å². The second kappa shape index (κ2) is 11.0. The molecule has 0 saturated carbocycles. The summed E-state index contributed by atoms with van der Waals surface area (Å²) < 4.78 is 5.13. The number of amides is 2. The van der Waals surface area contributed by atoms with Crippen LogP contribution in [0.3, 0.4) is 0 Å². The van der Waals surface area contributed by atoms with Crippen LogP contribution in [0.25, 0.3) is 0 Å². The molecule has 1 aliphatic rings. The highest BCUT2D eigenvalue weighted by molar-refractivity contribution is 7.16. The molecule has 3 heterocycles. The predicted molar refractivity (Wildman–Crippen MR) is 128 cm³/mol. The maximum Gasteiger partial charge on any atom is 0.341 e. The predicted octanol–water partition coefficient (Wildman–Crippen LogP) is 3.85. The molecular weight excluding hydrogens is 448 g/mol. The van der Waals surface area contributed by atoms with Gasteiger partial charge < -0.3 is 15.4 Å². The number of aryl methyl sites for hydroxylation is 3. The van der Waals surface area contributed by atoms with E-state index < -0.39 is 5.97 Å². The van der Waals surface area contributed by atoms with Gasteiger partial charge in [-0.05, 0) is 52.6 Å². The number of hydrogen-bond donors (Lipinski definition) is 2. The number of esters is 1. The van der Waals surface area contributed by atoms with E-state index in [1.807, 2.05) is 25.7 Å². The number of hydrogen-bond acceptors (Lipinski definition) is 8. The van der Waals surface area contributed by atoms with Crippen LogP contribution in [-0.2, 0) is 20.7 Å². The molecule has 2 N–H and O–H groups in total. The molecule has 8 nitrogen and oxygen atoms in total. The fourth-order valence-corrected chi connectivity index (χ4v) is 5.40. The van der Waals surface area contributed by atoms with Gasteiger partial charge in [0.05, 0.1) is 30.3 Å². The number of anilines is 2. The van der Waals surface area contributed by atoms with Crippen LogP contribution in [0.5, 0.6) is 0 Å². The van der Waals surface area contributed by atoms with Gasteiger partial charge >= 0.3 is 5.97 Å². The van der Waals surface area contributed by atoms with Crippen LogP contribution in [0.4, 0.5) is 10.1 Å². The lowest BCUT2D eigenvalue weighted by Gasteiger charge is -2.31. The topological polar surface area (TPSA) is 101 Å². The standard InChI is InChI=1S/C22H30N4O4S2/c1-5-16-10-17(21(29)30-6-2)20(32-16)25-19(28)15-8-7-9-26(11-15)12-18(27)24-22-23-13(3)14(4)31-22/h10,15H,5-9,11-12H2,1-4H3,(H,25,28)(H,23,24,27). The van der Waals surface area contributed by atoms with Crippen LogP contribution in [0.1, 0.15) is 52.5 Å². The minimum absolute atomic E-state index is 0.128. The Hall–Kier alpha value is -2.30. The first-order valence-electron chi connectivity index (χ1n) is 10.9. The van der Waals surface area contributed by atoms with E-state index in [1.54, 1.807) is 13.0 Å². The highest BCUT2D eigenvalue weighted by atomic mass is 32.1. The van der Waals surface area contributed by atoms with Crippen LogP contribution < -0.4 is 10.6 Å². The van der Waals surface area contributed by atoms with E-state index in [0.717, 1.165) is 41.3 Å². The molecule has 2 aromatic heterocycles. The molecule has 3 rings (SSSR count). The lowest BCUT2D eigenvalue weighted by Crippen LogP contribution is -2.44. The summed E-state index contributed by atoms with van der Waals surface area (Å²) in [4.78, 5) is 46.1. The summed E-state index contributed by atoms with van der Waals surface area (Å²) in [7, 11) is 0. The fourth-order valence-electron chi connectivity index (χ4n) is 3.58. The number of likely N-dealkylation sites (tertiary alicyclic amines) is 1. The molecule has 10 heteroatoms. The highest BCUT2D eigenvalue weighted by Gasteiger charge is 2.28. The van der Waals surface area contributed by atoms with Gasteiger partial charge in [0, 0.05) is 16.3 Å². The number of rotatable bonds is 8. The smallest absolute Gasteiger partial charge is 0.341 e. The molecule has 2 aromatic rings. The van der Waals surface area contributed by atoms with Crippen molar-refractivity contribution in [2.75, 3.05) is 36.9 Å². The summed E-state index contributed by atoms with van der Waals surface area (Å²) in [6.45, 7) is 9.41. The molecule has 0 radical (unpaired) electrons. The number of thiazole rings is 1. The zero-order valence-electron chi connectivity index (χ0n) is 18.9. The maximum absolute atomic E-state index is 13.0. The van der Waals surface area contributed by atoms with Crippen LogP contribution in [0, 0.1) is 19.8 Å². The highest BCUT2D eigenvalue weighted by Crippen LogP contribution is 2.30. The van der Waals surface area contributed by atoms with E-state index >= 15 is 0 Å². The lowest BCUT2D eigenvalue weighted by molar-refractivity contribution is -0.123. The Morgan fingerprint density at radius 1 is 1.22 bits per heavy atom. The minimum Gasteiger partial charge on any atom is -0.462 e. The van der Waals surface area contributed by atoms with Crippen molar-refractivity contribution in [2.24, 2.45) is 5.92 Å². The van der Waals surface area contributed by atoms with Gasteiger partial charge in [-0.1, -0.05) is 6.92 Å². The number of aromatic nitrogens is 1. The Bertz CT molecular complexity index is 965. The number of nitrogens with one attached hydrogen (secondary N) is 2. The molecule has 1 fully saturated rings. The number of carbonyl (C=O) groups excluding carboxylic acids is 3. The number of carbonyl (C=O) groups is 3. The van der Waals surface area contributed by atoms with Gasteiger partial charge in [0.15, 0.2) is 5.13 Å². The molecule has 1 aliphatic heterocycles. The summed E-state index contributed by atoms with van der Waals surface area (Å²) in [6.07, 6.45) is 2.35. The molecule has 1 saturated heterocycles. The summed E-state index contributed by atoms with van der Waals surface area (Å²) >= 11 is 2.87. The Balaban J connectivity index is 1.59. The van der Waals surface area contributed by atoms with Gasteiger partial charge in [-0.25, -0.2) is 9.78 Å². The fraction of sp³-hybridized carbons (Fsp3) is 0.545. The van der Waals surface area contributed by atoms with E-state index in [1.165, 1.54) is 22.7 Å². The molecule has 0 aliphatic carbocycles. The van der Waals surface area contributed by atoms with Gasteiger partial charge in [0.1, 0.15) is 5.00 Å². The number of piperidine rings is 1. The molecule has 1 atom stereocenters. The Labute approximate surface area is 196 Å². The molecule has 174 valence electrons. The van der Waals surface area contributed by atoms with Crippen molar-refractivity contribution in [2.45, 2.75) is 47.0 Å². The van der Waals surface area contributed by atoms with Crippen LogP contribution in [-0.4, -0.2) is 53.9 Å². The number of nitrogens with zero attached hydrogens (tertiary/aromatic N) is 2. The van der Waals surface area contributed by atoms with E-state index in [-0.39, 0.29) is 30.9 Å². The summed E-state index contributed by atoms with van der Waals surface area (Å²) in [5, 5.41) is 6.93. The second-order valence-corrected chi connectivity index (χ2v) is 10.1. The van der Waals surface area contributed by atoms with Gasteiger partial charge in [0.25, 0.3) is 0 Å². The zero-order chi connectivity index (χ0) is 23.3.